The van der Waals surface area contributed by atoms with Crippen LogP contribution in [-0.4, -0.2) is 20.5 Å². The number of benzene rings is 1. The normalized spacial score (nSPS) is 17.0. The standard InChI is InChI=1S/C15H19F3O3S/c16-15(17,18)22(19,20)21-11-5-9-13-8-3-4-10-14(13)12-6-1-2-7-12/h3-4,8,10,12H,1-2,5-7,9,11H2. The first-order valence-corrected chi connectivity index (χ1v) is 8.75. The summed E-state index contributed by atoms with van der Waals surface area (Å²) in [4.78, 5) is 0. The van der Waals surface area contributed by atoms with E-state index in [1.807, 2.05) is 18.2 Å². The molecule has 2 rings (SSSR count). The van der Waals surface area contributed by atoms with Gasteiger partial charge in [-0.25, -0.2) is 0 Å². The highest BCUT2D eigenvalue weighted by atomic mass is 32.2. The van der Waals surface area contributed by atoms with E-state index < -0.39 is 22.2 Å². The average molecular weight is 336 g/mol. The van der Waals surface area contributed by atoms with Crippen LogP contribution in [0.2, 0.25) is 0 Å². The molecule has 0 aliphatic heterocycles. The molecule has 1 fully saturated rings. The summed E-state index contributed by atoms with van der Waals surface area (Å²) in [6.07, 6.45) is 5.42. The number of alkyl halides is 3. The van der Waals surface area contributed by atoms with Crippen LogP contribution in [0.1, 0.15) is 49.1 Å². The van der Waals surface area contributed by atoms with Gasteiger partial charge in [0.05, 0.1) is 6.61 Å². The molecule has 0 N–H and O–H groups in total. The van der Waals surface area contributed by atoms with E-state index in [1.54, 1.807) is 0 Å². The van der Waals surface area contributed by atoms with Gasteiger partial charge in [-0.05, 0) is 42.7 Å². The van der Waals surface area contributed by atoms with Crippen molar-refractivity contribution in [1.82, 2.24) is 0 Å². The molecule has 1 saturated carbocycles. The van der Waals surface area contributed by atoms with Crippen molar-refractivity contribution in [1.29, 1.82) is 0 Å². The van der Waals surface area contributed by atoms with Crippen LogP contribution in [0, 0.1) is 0 Å². The molecule has 1 aromatic carbocycles. The SMILES string of the molecule is O=S(=O)(OCCCc1ccccc1C1CCCC1)C(F)(F)F. The van der Waals surface area contributed by atoms with Gasteiger partial charge in [-0.3, -0.25) is 4.18 Å². The molecule has 0 bridgehead atoms. The highest BCUT2D eigenvalue weighted by molar-refractivity contribution is 7.87. The second-order valence-electron chi connectivity index (χ2n) is 5.51. The first kappa shape index (κ1) is 17.3. The lowest BCUT2D eigenvalue weighted by Crippen LogP contribution is -2.26. The second kappa shape index (κ2) is 7.00. The zero-order valence-electron chi connectivity index (χ0n) is 12.1. The summed E-state index contributed by atoms with van der Waals surface area (Å²) in [7, 11) is -5.48. The van der Waals surface area contributed by atoms with Crippen LogP contribution < -0.4 is 0 Å². The lowest BCUT2D eigenvalue weighted by Gasteiger charge is -2.15. The Labute approximate surface area is 128 Å². The molecule has 0 amide bonds. The molecular weight excluding hydrogens is 317 g/mol. The Hall–Kier alpha value is -1.08. The van der Waals surface area contributed by atoms with Crippen molar-refractivity contribution in [3.05, 3.63) is 35.4 Å². The number of halogens is 3. The molecule has 0 saturated heterocycles. The predicted molar refractivity (Wildman–Crippen MR) is 76.9 cm³/mol. The number of rotatable bonds is 6. The highest BCUT2D eigenvalue weighted by Crippen LogP contribution is 2.36. The Bertz CT molecular complexity index is 590. The summed E-state index contributed by atoms with van der Waals surface area (Å²) in [5, 5.41) is 0. The largest absolute Gasteiger partial charge is 0.523 e. The Balaban J connectivity index is 1.90. The van der Waals surface area contributed by atoms with Gasteiger partial charge in [-0.2, -0.15) is 21.6 Å². The molecular formula is C15H19F3O3S. The van der Waals surface area contributed by atoms with Gasteiger partial charge in [-0.1, -0.05) is 37.1 Å². The first-order chi connectivity index (χ1) is 10.3. The van der Waals surface area contributed by atoms with Gasteiger partial charge in [0.2, 0.25) is 0 Å². The molecule has 0 atom stereocenters. The number of hydrogen-bond acceptors (Lipinski definition) is 3. The van der Waals surface area contributed by atoms with E-state index in [2.05, 4.69) is 10.2 Å². The van der Waals surface area contributed by atoms with Crippen LogP contribution in [0.4, 0.5) is 13.2 Å². The molecule has 1 aliphatic rings. The summed E-state index contributed by atoms with van der Waals surface area (Å²) in [6, 6.07) is 7.85. The molecule has 1 aromatic rings. The van der Waals surface area contributed by atoms with Gasteiger partial charge in [0.1, 0.15) is 0 Å². The molecule has 3 nitrogen and oxygen atoms in total. The molecule has 0 unspecified atom stereocenters. The zero-order chi connectivity index (χ0) is 16.2. The van der Waals surface area contributed by atoms with E-state index in [-0.39, 0.29) is 6.42 Å². The van der Waals surface area contributed by atoms with E-state index in [4.69, 9.17) is 0 Å². The van der Waals surface area contributed by atoms with E-state index in [0.717, 1.165) is 18.4 Å². The second-order valence-corrected chi connectivity index (χ2v) is 7.11. The third-order valence-corrected chi connectivity index (χ3v) is 5.01. The third-order valence-electron chi connectivity index (χ3n) is 3.96. The maximum absolute atomic E-state index is 12.1. The van der Waals surface area contributed by atoms with E-state index in [1.165, 1.54) is 18.4 Å². The van der Waals surface area contributed by atoms with Gasteiger partial charge >= 0.3 is 15.6 Å². The molecule has 0 heterocycles. The first-order valence-electron chi connectivity index (χ1n) is 7.35. The molecule has 22 heavy (non-hydrogen) atoms. The van der Waals surface area contributed by atoms with Crippen molar-refractivity contribution >= 4 is 10.1 Å². The lowest BCUT2D eigenvalue weighted by molar-refractivity contribution is -0.0542. The molecule has 0 radical (unpaired) electrons. The van der Waals surface area contributed by atoms with Crippen LogP contribution in [-0.2, 0) is 20.7 Å². The molecule has 0 spiro atoms. The minimum Gasteiger partial charge on any atom is -0.263 e. The summed E-state index contributed by atoms with van der Waals surface area (Å²) in [5.41, 5.74) is -3.05. The average Bonchev–Trinajstić information content (AvgIpc) is 2.97. The Morgan fingerprint density at radius 1 is 1.14 bits per heavy atom. The van der Waals surface area contributed by atoms with Crippen molar-refractivity contribution in [2.45, 2.75) is 50.0 Å². The predicted octanol–water partition coefficient (Wildman–Crippen LogP) is 4.14. The zero-order valence-corrected chi connectivity index (χ0v) is 12.9. The number of aryl methyl sites for hydroxylation is 1. The minimum atomic E-state index is -5.48. The van der Waals surface area contributed by atoms with Gasteiger partial charge in [-0.15, -0.1) is 0 Å². The van der Waals surface area contributed by atoms with Crippen molar-refractivity contribution in [2.24, 2.45) is 0 Å². The Morgan fingerprint density at radius 2 is 1.77 bits per heavy atom. The smallest absolute Gasteiger partial charge is 0.263 e. The van der Waals surface area contributed by atoms with Crippen LogP contribution in [0.15, 0.2) is 24.3 Å². The van der Waals surface area contributed by atoms with Gasteiger partial charge in [0.15, 0.2) is 0 Å². The Kier molecular flexibility index (Phi) is 5.50. The third kappa shape index (κ3) is 4.23. The van der Waals surface area contributed by atoms with Crippen LogP contribution in [0.25, 0.3) is 0 Å². The van der Waals surface area contributed by atoms with E-state index >= 15 is 0 Å². The van der Waals surface area contributed by atoms with Crippen LogP contribution in [0.3, 0.4) is 0 Å². The molecule has 0 aromatic heterocycles. The maximum atomic E-state index is 12.1. The van der Waals surface area contributed by atoms with Crippen molar-refractivity contribution in [3.63, 3.8) is 0 Å². The molecule has 1 aliphatic carbocycles. The van der Waals surface area contributed by atoms with Crippen LogP contribution >= 0.6 is 0 Å². The maximum Gasteiger partial charge on any atom is 0.523 e. The monoisotopic (exact) mass is 336 g/mol. The Morgan fingerprint density at radius 3 is 2.41 bits per heavy atom. The van der Waals surface area contributed by atoms with Gasteiger partial charge in [0, 0.05) is 0 Å². The molecule has 7 heteroatoms. The van der Waals surface area contributed by atoms with Crippen molar-refractivity contribution < 1.29 is 25.8 Å². The van der Waals surface area contributed by atoms with Gasteiger partial charge < -0.3 is 0 Å². The van der Waals surface area contributed by atoms with Crippen molar-refractivity contribution in [3.8, 4) is 0 Å². The van der Waals surface area contributed by atoms with Crippen molar-refractivity contribution in [2.75, 3.05) is 6.61 Å². The fraction of sp³-hybridized carbons (Fsp3) is 0.600. The van der Waals surface area contributed by atoms with E-state index in [9.17, 15) is 21.6 Å². The summed E-state index contributed by atoms with van der Waals surface area (Å²) in [6.45, 7) is -0.457. The fourth-order valence-corrected chi connectivity index (χ4v) is 3.37. The summed E-state index contributed by atoms with van der Waals surface area (Å²) in [5.74, 6) is 0.510. The topological polar surface area (TPSA) is 43.4 Å². The quantitative estimate of drug-likeness (QED) is 0.445. The van der Waals surface area contributed by atoms with E-state index in [0.29, 0.717) is 12.3 Å². The van der Waals surface area contributed by atoms with Gasteiger partial charge in [0.25, 0.3) is 0 Å². The number of hydrogen-bond donors (Lipinski definition) is 0. The summed E-state index contributed by atoms with van der Waals surface area (Å²) >= 11 is 0. The lowest BCUT2D eigenvalue weighted by atomic mass is 9.91. The summed E-state index contributed by atoms with van der Waals surface area (Å²) < 4.78 is 62.0. The molecule has 124 valence electrons. The fourth-order valence-electron chi connectivity index (χ4n) is 2.90. The highest BCUT2D eigenvalue weighted by Gasteiger charge is 2.47. The minimum absolute atomic E-state index is 0.235. The van der Waals surface area contributed by atoms with Crippen LogP contribution in [0.5, 0.6) is 0 Å².